The Kier molecular flexibility index (Phi) is 3.58. The molecule has 0 amide bonds. The van der Waals surface area contributed by atoms with Gasteiger partial charge in [0.05, 0.1) is 6.61 Å². The molecule has 0 aromatic heterocycles. The van der Waals surface area contributed by atoms with Crippen molar-refractivity contribution in [3.63, 3.8) is 0 Å². The fourth-order valence-corrected chi connectivity index (χ4v) is 0.535. The largest absolute Gasteiger partial charge is 0.464 e. The topological polar surface area (TPSA) is 46.5 Å². The van der Waals surface area contributed by atoms with Crippen LogP contribution in [0.1, 0.15) is 13.8 Å². The molecule has 0 aliphatic heterocycles. The minimum absolute atomic E-state index is 0.250. The second-order valence-electron chi connectivity index (χ2n) is 2.22. The van der Waals surface area contributed by atoms with Crippen LogP contribution in [0.5, 0.6) is 0 Å². The van der Waals surface area contributed by atoms with Crippen molar-refractivity contribution in [2.24, 2.45) is 0 Å². The van der Waals surface area contributed by atoms with Crippen LogP contribution < -0.4 is 0 Å². The van der Waals surface area contributed by atoms with Gasteiger partial charge in [0, 0.05) is 0 Å². The van der Waals surface area contributed by atoms with E-state index in [4.69, 9.17) is 0 Å². The van der Waals surface area contributed by atoms with Crippen molar-refractivity contribution in [1.82, 2.24) is 0 Å². The second-order valence-corrected chi connectivity index (χ2v) is 2.22. The third-order valence-electron chi connectivity index (χ3n) is 1.07. The minimum atomic E-state index is -1.60. The van der Waals surface area contributed by atoms with Crippen LogP contribution in [0.2, 0.25) is 0 Å². The number of carbonyl (C=O) groups excluding carboxylic acids is 1. The first kappa shape index (κ1) is 9.95. The zero-order valence-electron chi connectivity index (χ0n) is 6.76. The van der Waals surface area contributed by atoms with Crippen LogP contribution in [-0.2, 0) is 9.53 Å². The molecular weight excluding hydrogens is 144 g/mol. The van der Waals surface area contributed by atoms with Gasteiger partial charge in [0.1, 0.15) is 0 Å². The van der Waals surface area contributed by atoms with Crippen LogP contribution in [0.4, 0.5) is 0 Å². The lowest BCUT2D eigenvalue weighted by Crippen LogP contribution is -2.34. The number of aliphatic hydroxyl groups is 1. The standard InChI is InChI=1S/C8H12O3/c1-4-6-8(3,10)7(9)11-5-2/h6,10H,1,5H2,2-3H3. The highest BCUT2D eigenvalue weighted by Gasteiger charge is 2.28. The van der Waals surface area contributed by atoms with Gasteiger partial charge in [-0.2, -0.15) is 0 Å². The van der Waals surface area contributed by atoms with E-state index in [2.05, 4.69) is 17.0 Å². The minimum Gasteiger partial charge on any atom is -0.464 e. The molecule has 0 aromatic carbocycles. The maximum atomic E-state index is 10.9. The van der Waals surface area contributed by atoms with Gasteiger partial charge in [-0.05, 0) is 19.9 Å². The van der Waals surface area contributed by atoms with E-state index in [1.807, 2.05) is 0 Å². The number of esters is 1. The Labute approximate surface area is 66.0 Å². The maximum absolute atomic E-state index is 10.9. The Morgan fingerprint density at radius 2 is 2.45 bits per heavy atom. The van der Waals surface area contributed by atoms with Gasteiger partial charge in [-0.15, -0.1) is 5.73 Å². The Morgan fingerprint density at radius 3 is 2.82 bits per heavy atom. The smallest absolute Gasteiger partial charge is 0.342 e. The molecular formula is C8H12O3. The highest BCUT2D eigenvalue weighted by atomic mass is 16.5. The monoisotopic (exact) mass is 156 g/mol. The van der Waals surface area contributed by atoms with E-state index in [1.54, 1.807) is 6.92 Å². The van der Waals surface area contributed by atoms with Crippen molar-refractivity contribution in [3.05, 3.63) is 18.4 Å². The third kappa shape index (κ3) is 3.03. The van der Waals surface area contributed by atoms with Gasteiger partial charge in [-0.25, -0.2) is 4.79 Å². The summed E-state index contributed by atoms with van der Waals surface area (Å²) in [4.78, 5) is 10.9. The molecule has 0 fully saturated rings. The van der Waals surface area contributed by atoms with Gasteiger partial charge in [0.25, 0.3) is 0 Å². The number of carbonyl (C=O) groups is 1. The summed E-state index contributed by atoms with van der Waals surface area (Å²) in [6.45, 7) is 6.48. The highest BCUT2D eigenvalue weighted by molar-refractivity contribution is 5.81. The molecule has 0 saturated carbocycles. The van der Waals surface area contributed by atoms with Crippen LogP contribution in [0.15, 0.2) is 18.4 Å². The SMILES string of the molecule is C=C=CC(C)(O)C(=O)OCC. The van der Waals surface area contributed by atoms with E-state index in [9.17, 15) is 9.90 Å². The van der Waals surface area contributed by atoms with Crippen molar-refractivity contribution >= 4 is 5.97 Å². The summed E-state index contributed by atoms with van der Waals surface area (Å²) in [5.41, 5.74) is 0.722. The van der Waals surface area contributed by atoms with Crippen LogP contribution in [0.3, 0.4) is 0 Å². The summed E-state index contributed by atoms with van der Waals surface area (Å²) in [6.07, 6.45) is 1.16. The molecule has 0 heterocycles. The molecule has 3 nitrogen and oxygen atoms in total. The van der Waals surface area contributed by atoms with E-state index in [0.717, 1.165) is 6.08 Å². The maximum Gasteiger partial charge on any atom is 0.342 e. The summed E-state index contributed by atoms with van der Waals surface area (Å²) in [6, 6.07) is 0. The van der Waals surface area contributed by atoms with Gasteiger partial charge in [0.15, 0.2) is 5.60 Å². The average Bonchev–Trinajstić information content (AvgIpc) is 1.88. The van der Waals surface area contributed by atoms with Crippen molar-refractivity contribution in [1.29, 1.82) is 0 Å². The Bertz CT molecular complexity index is 188. The molecule has 0 rings (SSSR count). The van der Waals surface area contributed by atoms with Crippen molar-refractivity contribution in [2.45, 2.75) is 19.4 Å². The fraction of sp³-hybridized carbons (Fsp3) is 0.500. The summed E-state index contributed by atoms with van der Waals surface area (Å²) in [7, 11) is 0. The summed E-state index contributed by atoms with van der Waals surface area (Å²) in [5, 5.41) is 9.28. The Morgan fingerprint density at radius 1 is 1.91 bits per heavy atom. The lowest BCUT2D eigenvalue weighted by molar-refractivity contribution is -0.158. The molecule has 0 spiro atoms. The van der Waals surface area contributed by atoms with Gasteiger partial charge < -0.3 is 9.84 Å². The molecule has 1 unspecified atom stereocenters. The molecule has 1 N–H and O–H groups in total. The molecule has 62 valence electrons. The molecule has 0 bridgehead atoms. The van der Waals surface area contributed by atoms with Crippen molar-refractivity contribution < 1.29 is 14.6 Å². The van der Waals surface area contributed by atoms with E-state index in [0.29, 0.717) is 0 Å². The van der Waals surface area contributed by atoms with Gasteiger partial charge in [0.2, 0.25) is 0 Å². The van der Waals surface area contributed by atoms with Crippen LogP contribution in [0.25, 0.3) is 0 Å². The van der Waals surface area contributed by atoms with Gasteiger partial charge >= 0.3 is 5.97 Å². The van der Waals surface area contributed by atoms with Crippen molar-refractivity contribution in [3.8, 4) is 0 Å². The number of hydrogen-bond donors (Lipinski definition) is 1. The average molecular weight is 156 g/mol. The normalized spacial score (nSPS) is 14.5. The zero-order chi connectivity index (χ0) is 8.91. The quantitative estimate of drug-likeness (QED) is 0.482. The lowest BCUT2D eigenvalue weighted by atomic mass is 10.1. The second kappa shape index (κ2) is 3.96. The van der Waals surface area contributed by atoms with Crippen molar-refractivity contribution in [2.75, 3.05) is 6.61 Å². The summed E-state index contributed by atoms with van der Waals surface area (Å²) >= 11 is 0. The Balaban J connectivity index is 4.29. The first-order valence-corrected chi connectivity index (χ1v) is 3.31. The van der Waals surface area contributed by atoms with Crippen LogP contribution >= 0.6 is 0 Å². The van der Waals surface area contributed by atoms with Gasteiger partial charge in [-0.3, -0.25) is 0 Å². The van der Waals surface area contributed by atoms with Gasteiger partial charge in [-0.1, -0.05) is 6.58 Å². The van der Waals surface area contributed by atoms with E-state index >= 15 is 0 Å². The molecule has 11 heavy (non-hydrogen) atoms. The van der Waals surface area contributed by atoms with E-state index in [-0.39, 0.29) is 6.61 Å². The molecule has 0 aliphatic carbocycles. The van der Waals surface area contributed by atoms with E-state index in [1.165, 1.54) is 6.92 Å². The predicted octanol–water partition coefficient (Wildman–Crippen LogP) is 0.642. The summed E-state index contributed by atoms with van der Waals surface area (Å²) < 4.78 is 4.57. The molecule has 3 heteroatoms. The van der Waals surface area contributed by atoms with Crippen LogP contribution in [-0.4, -0.2) is 23.3 Å². The molecule has 0 saturated heterocycles. The highest BCUT2D eigenvalue weighted by Crippen LogP contribution is 2.06. The number of rotatable bonds is 3. The lowest BCUT2D eigenvalue weighted by Gasteiger charge is -2.14. The fourth-order valence-electron chi connectivity index (χ4n) is 0.535. The zero-order valence-corrected chi connectivity index (χ0v) is 6.76. The Hall–Kier alpha value is -1.05. The molecule has 1 atom stereocenters. The number of hydrogen-bond acceptors (Lipinski definition) is 3. The first-order valence-electron chi connectivity index (χ1n) is 3.31. The first-order chi connectivity index (χ1) is 5.04. The molecule has 0 aliphatic rings. The third-order valence-corrected chi connectivity index (χ3v) is 1.07. The summed E-state index contributed by atoms with van der Waals surface area (Å²) in [5.74, 6) is -0.684. The predicted molar refractivity (Wildman–Crippen MR) is 41.0 cm³/mol. The molecule has 0 radical (unpaired) electrons. The van der Waals surface area contributed by atoms with E-state index < -0.39 is 11.6 Å². The number of ether oxygens (including phenoxy) is 1. The van der Waals surface area contributed by atoms with Crippen LogP contribution in [0, 0.1) is 0 Å². The molecule has 0 aromatic rings.